The van der Waals surface area contributed by atoms with Gasteiger partial charge in [0, 0.05) is 23.2 Å². The molecular weight excluding hydrogens is 412 g/mol. The third kappa shape index (κ3) is 5.40. The first-order valence-electron chi connectivity index (χ1n) is 9.39. The first-order valence-corrected chi connectivity index (χ1v) is 9.39. The molecule has 2 rings (SSSR count). The standard InChI is InChI=1S/C21H23F2N3O5/c1-4-6-17(21(22,23)12-27)24-10-13(5-2)20(30)19-15-8-7-14(31-3)9-16(15)26(25-19)11-18(28)29/h5-10,27H,4,11-12H2,1-3H3,(H,28,29)/b13-5+,17-6-,24-10-. The number of aliphatic hydroxyl groups excluding tert-OH is 1. The number of ketones is 1. The number of aliphatic hydroxyl groups is 1. The number of aliphatic imine (C=N–C) groups is 1. The van der Waals surface area contributed by atoms with Gasteiger partial charge in [0.1, 0.15) is 30.3 Å². The average molecular weight is 435 g/mol. The van der Waals surface area contributed by atoms with Crippen molar-refractivity contribution in [3.63, 3.8) is 0 Å². The molecule has 0 spiro atoms. The van der Waals surface area contributed by atoms with Gasteiger partial charge in [-0.3, -0.25) is 19.3 Å². The van der Waals surface area contributed by atoms with Gasteiger partial charge in [-0.1, -0.05) is 19.1 Å². The molecule has 31 heavy (non-hydrogen) atoms. The third-order valence-electron chi connectivity index (χ3n) is 4.35. The number of alkyl halides is 2. The Balaban J connectivity index is 2.51. The summed E-state index contributed by atoms with van der Waals surface area (Å²) in [4.78, 5) is 28.0. The highest BCUT2D eigenvalue weighted by molar-refractivity contribution is 6.24. The SMILES string of the molecule is C\C=C(/C=N\C(=C/CC)C(F)(F)CO)C(=O)c1nn(CC(=O)O)c2cc(OC)ccc12. The van der Waals surface area contributed by atoms with E-state index in [4.69, 9.17) is 14.9 Å². The summed E-state index contributed by atoms with van der Waals surface area (Å²) >= 11 is 0. The maximum absolute atomic E-state index is 13.9. The lowest BCUT2D eigenvalue weighted by Crippen LogP contribution is -2.23. The lowest BCUT2D eigenvalue weighted by molar-refractivity contribution is -0.137. The Bertz CT molecular complexity index is 1070. The van der Waals surface area contributed by atoms with Crippen LogP contribution in [-0.2, 0) is 11.3 Å². The number of ether oxygens (including phenoxy) is 1. The van der Waals surface area contributed by atoms with Crippen LogP contribution in [0.5, 0.6) is 5.75 Å². The molecule has 0 aliphatic carbocycles. The van der Waals surface area contributed by atoms with E-state index in [-0.39, 0.29) is 17.7 Å². The smallest absolute Gasteiger partial charge is 0.325 e. The van der Waals surface area contributed by atoms with Crippen molar-refractivity contribution in [2.45, 2.75) is 32.7 Å². The lowest BCUT2D eigenvalue weighted by Gasteiger charge is -2.13. The van der Waals surface area contributed by atoms with E-state index in [0.717, 1.165) is 17.0 Å². The summed E-state index contributed by atoms with van der Waals surface area (Å²) in [7, 11) is 1.45. The molecule has 0 radical (unpaired) electrons. The summed E-state index contributed by atoms with van der Waals surface area (Å²) < 4.78 is 34.0. The Hall–Kier alpha value is -3.40. The first kappa shape index (κ1) is 23.9. The van der Waals surface area contributed by atoms with Crippen LogP contribution in [-0.4, -0.2) is 57.6 Å². The van der Waals surface area contributed by atoms with E-state index in [1.165, 1.54) is 20.1 Å². The zero-order valence-electron chi connectivity index (χ0n) is 17.3. The Morgan fingerprint density at radius 1 is 1.35 bits per heavy atom. The van der Waals surface area contributed by atoms with E-state index in [0.29, 0.717) is 16.7 Å². The number of carbonyl (C=O) groups excluding carboxylic acids is 1. The largest absolute Gasteiger partial charge is 0.497 e. The Morgan fingerprint density at radius 2 is 2.06 bits per heavy atom. The number of rotatable bonds is 10. The van der Waals surface area contributed by atoms with E-state index < -0.39 is 36.5 Å². The van der Waals surface area contributed by atoms with Crippen molar-refractivity contribution in [2.24, 2.45) is 4.99 Å². The molecule has 1 aromatic carbocycles. The Labute approximate surface area is 177 Å². The van der Waals surface area contributed by atoms with Gasteiger partial charge < -0.3 is 14.9 Å². The van der Waals surface area contributed by atoms with Crippen LogP contribution in [0.1, 0.15) is 30.8 Å². The fourth-order valence-corrected chi connectivity index (χ4v) is 2.81. The van der Waals surface area contributed by atoms with Crippen LogP contribution in [0.4, 0.5) is 8.78 Å². The van der Waals surface area contributed by atoms with Gasteiger partial charge in [0.2, 0.25) is 5.78 Å². The molecular formula is C21H23F2N3O5. The van der Waals surface area contributed by atoms with Gasteiger partial charge in [-0.2, -0.15) is 13.9 Å². The van der Waals surface area contributed by atoms with Gasteiger partial charge in [0.05, 0.1) is 12.6 Å². The summed E-state index contributed by atoms with van der Waals surface area (Å²) in [5.41, 5.74) is -0.353. The minimum atomic E-state index is -3.55. The van der Waals surface area contributed by atoms with Crippen molar-refractivity contribution >= 4 is 28.9 Å². The molecule has 8 nitrogen and oxygen atoms in total. The molecule has 0 saturated heterocycles. The molecule has 2 aromatic rings. The average Bonchev–Trinajstić information content (AvgIpc) is 3.09. The highest BCUT2D eigenvalue weighted by atomic mass is 19.3. The maximum atomic E-state index is 13.9. The molecule has 0 aliphatic rings. The number of hydrogen-bond acceptors (Lipinski definition) is 6. The van der Waals surface area contributed by atoms with Crippen LogP contribution in [0.15, 0.2) is 46.6 Å². The Morgan fingerprint density at radius 3 is 2.61 bits per heavy atom. The number of carbonyl (C=O) groups is 2. The molecule has 166 valence electrons. The van der Waals surface area contributed by atoms with Crippen LogP contribution in [0.25, 0.3) is 10.9 Å². The number of hydrogen-bond donors (Lipinski definition) is 2. The van der Waals surface area contributed by atoms with Gasteiger partial charge in [0.15, 0.2) is 0 Å². The van der Waals surface area contributed by atoms with Crippen molar-refractivity contribution in [3.8, 4) is 5.75 Å². The van der Waals surface area contributed by atoms with Crippen LogP contribution in [0.3, 0.4) is 0 Å². The number of Topliss-reactive ketones (excluding diaryl/α,β-unsaturated/α-hetero) is 1. The molecule has 0 saturated carbocycles. The number of nitrogens with zero attached hydrogens (tertiary/aromatic N) is 3. The lowest BCUT2D eigenvalue weighted by atomic mass is 10.1. The predicted octanol–water partition coefficient (Wildman–Crippen LogP) is 3.25. The number of allylic oxidation sites excluding steroid dienone is 3. The molecule has 1 heterocycles. The molecule has 0 bridgehead atoms. The van der Waals surface area contributed by atoms with Gasteiger partial charge in [-0.15, -0.1) is 0 Å². The van der Waals surface area contributed by atoms with Crippen molar-refractivity contribution < 1.29 is 33.3 Å². The summed E-state index contributed by atoms with van der Waals surface area (Å²) in [5.74, 6) is -4.87. The minimum Gasteiger partial charge on any atom is -0.497 e. The van der Waals surface area contributed by atoms with Gasteiger partial charge in [-0.05, 0) is 25.5 Å². The van der Waals surface area contributed by atoms with Gasteiger partial charge in [0.25, 0.3) is 0 Å². The van der Waals surface area contributed by atoms with E-state index in [2.05, 4.69) is 10.1 Å². The molecule has 0 atom stereocenters. The minimum absolute atomic E-state index is 0.0200. The maximum Gasteiger partial charge on any atom is 0.325 e. The number of carboxylic acids is 1. The van der Waals surface area contributed by atoms with Crippen molar-refractivity contribution in [2.75, 3.05) is 13.7 Å². The second-order valence-corrected chi connectivity index (χ2v) is 6.47. The second-order valence-electron chi connectivity index (χ2n) is 6.47. The molecule has 1 aromatic heterocycles. The highest BCUT2D eigenvalue weighted by Crippen LogP contribution is 2.27. The predicted molar refractivity (Wildman–Crippen MR) is 111 cm³/mol. The number of methoxy groups -OCH3 is 1. The highest BCUT2D eigenvalue weighted by Gasteiger charge is 2.33. The molecule has 10 heteroatoms. The number of aliphatic carboxylic acids is 1. The molecule has 0 amide bonds. The second kappa shape index (κ2) is 10.1. The van der Waals surface area contributed by atoms with Gasteiger partial charge >= 0.3 is 11.9 Å². The van der Waals surface area contributed by atoms with Crippen LogP contribution >= 0.6 is 0 Å². The quantitative estimate of drug-likeness (QED) is 0.336. The fourth-order valence-electron chi connectivity index (χ4n) is 2.81. The first-order chi connectivity index (χ1) is 14.7. The summed E-state index contributed by atoms with van der Waals surface area (Å²) in [6, 6.07) is 4.72. The number of fused-ring (bicyclic) bond motifs is 1. The molecule has 2 N–H and O–H groups in total. The monoisotopic (exact) mass is 435 g/mol. The Kier molecular flexibility index (Phi) is 7.76. The fraction of sp³-hybridized carbons (Fsp3) is 0.333. The number of benzene rings is 1. The van der Waals surface area contributed by atoms with Crippen LogP contribution in [0.2, 0.25) is 0 Å². The summed E-state index contributed by atoms with van der Waals surface area (Å²) in [5, 5.41) is 22.6. The third-order valence-corrected chi connectivity index (χ3v) is 4.35. The number of aromatic nitrogens is 2. The zero-order valence-corrected chi connectivity index (χ0v) is 17.3. The normalized spacial score (nSPS) is 13.2. The summed E-state index contributed by atoms with van der Waals surface area (Å²) in [6.07, 6.45) is 3.79. The molecule has 0 unspecified atom stereocenters. The number of halogens is 2. The summed E-state index contributed by atoms with van der Waals surface area (Å²) in [6.45, 7) is 1.27. The van der Waals surface area contributed by atoms with E-state index in [1.54, 1.807) is 25.1 Å². The van der Waals surface area contributed by atoms with Crippen LogP contribution < -0.4 is 4.74 Å². The van der Waals surface area contributed by atoms with Gasteiger partial charge in [-0.25, -0.2) is 0 Å². The molecule has 0 aliphatic heterocycles. The van der Waals surface area contributed by atoms with E-state index >= 15 is 0 Å². The number of carboxylic acid groups (broad SMARTS) is 1. The molecule has 0 fully saturated rings. The van der Waals surface area contributed by atoms with Crippen LogP contribution in [0, 0.1) is 0 Å². The van der Waals surface area contributed by atoms with Crippen molar-refractivity contribution in [3.05, 3.63) is 47.3 Å². The zero-order chi connectivity index (χ0) is 23.2. The topological polar surface area (TPSA) is 114 Å². The van der Waals surface area contributed by atoms with Crippen molar-refractivity contribution in [1.82, 2.24) is 9.78 Å². The van der Waals surface area contributed by atoms with E-state index in [1.807, 2.05) is 0 Å². The van der Waals surface area contributed by atoms with E-state index in [9.17, 15) is 18.4 Å². The van der Waals surface area contributed by atoms with Crippen molar-refractivity contribution in [1.29, 1.82) is 0 Å².